The Balaban J connectivity index is 1.99. The highest BCUT2D eigenvalue weighted by atomic mass is 19.4. The van der Waals surface area contributed by atoms with E-state index < -0.39 is 12.1 Å². The first-order valence-corrected chi connectivity index (χ1v) is 5.29. The number of aromatic amines is 1. The van der Waals surface area contributed by atoms with Gasteiger partial charge in [-0.25, -0.2) is 0 Å². The molecule has 0 aliphatic heterocycles. The monoisotopic (exact) mass is 282 g/mol. The van der Waals surface area contributed by atoms with Crippen LogP contribution < -0.4 is 0 Å². The van der Waals surface area contributed by atoms with Crippen LogP contribution in [0.1, 0.15) is 5.89 Å². The van der Waals surface area contributed by atoms with Gasteiger partial charge >= 0.3 is 12.1 Å². The lowest BCUT2D eigenvalue weighted by atomic mass is 10.1. The van der Waals surface area contributed by atoms with E-state index in [1.54, 1.807) is 18.2 Å². The Morgan fingerprint density at radius 3 is 2.45 bits per heavy atom. The Hall–Kier alpha value is -2.78. The summed E-state index contributed by atoms with van der Waals surface area (Å²) in [5.74, 6) is -1.24. The second-order valence-corrected chi connectivity index (χ2v) is 3.74. The van der Waals surface area contributed by atoms with Crippen LogP contribution in [0.25, 0.3) is 22.8 Å². The number of benzene rings is 1. The van der Waals surface area contributed by atoms with E-state index in [0.29, 0.717) is 17.0 Å². The molecule has 20 heavy (non-hydrogen) atoms. The molecule has 3 aromatic rings. The van der Waals surface area contributed by atoms with Crippen LogP contribution in [-0.2, 0) is 6.18 Å². The number of halogens is 3. The standard InChI is InChI=1S/C10H5F3N6O/c11-10(12,13)9-14-7(17-20-9)5-2-1-3-6(4-5)8-15-18-19-16-8/h1-4H,(H,15,16,18,19). The van der Waals surface area contributed by atoms with Crippen molar-refractivity contribution in [2.75, 3.05) is 0 Å². The zero-order valence-electron chi connectivity index (χ0n) is 9.59. The Labute approximate surface area is 108 Å². The zero-order valence-corrected chi connectivity index (χ0v) is 9.59. The Bertz CT molecular complexity index is 721. The van der Waals surface area contributed by atoms with Crippen LogP contribution in [0, 0.1) is 0 Å². The molecule has 0 amide bonds. The summed E-state index contributed by atoms with van der Waals surface area (Å²) in [6.45, 7) is 0. The second-order valence-electron chi connectivity index (χ2n) is 3.74. The maximum Gasteiger partial charge on any atom is 0.471 e. The van der Waals surface area contributed by atoms with Gasteiger partial charge in [0, 0.05) is 11.1 Å². The number of hydrogen-bond acceptors (Lipinski definition) is 6. The molecule has 0 saturated carbocycles. The summed E-state index contributed by atoms with van der Waals surface area (Å²) in [5.41, 5.74) is 0.918. The maximum absolute atomic E-state index is 12.4. The van der Waals surface area contributed by atoms with E-state index in [-0.39, 0.29) is 5.82 Å². The van der Waals surface area contributed by atoms with Gasteiger partial charge in [0.25, 0.3) is 0 Å². The van der Waals surface area contributed by atoms with Gasteiger partial charge in [0.15, 0.2) is 0 Å². The highest BCUT2D eigenvalue weighted by Crippen LogP contribution is 2.30. The average molecular weight is 282 g/mol. The highest BCUT2D eigenvalue weighted by molar-refractivity contribution is 5.65. The van der Waals surface area contributed by atoms with Gasteiger partial charge in [-0.15, -0.1) is 10.2 Å². The maximum atomic E-state index is 12.4. The molecule has 0 aliphatic rings. The molecule has 2 aromatic heterocycles. The van der Waals surface area contributed by atoms with E-state index >= 15 is 0 Å². The van der Waals surface area contributed by atoms with Crippen molar-refractivity contribution in [2.24, 2.45) is 0 Å². The van der Waals surface area contributed by atoms with Gasteiger partial charge in [-0.2, -0.15) is 23.4 Å². The molecule has 0 bridgehead atoms. The summed E-state index contributed by atoms with van der Waals surface area (Å²) < 4.78 is 41.4. The van der Waals surface area contributed by atoms with Gasteiger partial charge in [-0.05, 0) is 11.3 Å². The van der Waals surface area contributed by atoms with Crippen molar-refractivity contribution in [3.8, 4) is 22.8 Å². The van der Waals surface area contributed by atoms with E-state index in [0.717, 1.165) is 0 Å². The van der Waals surface area contributed by atoms with E-state index in [2.05, 4.69) is 35.3 Å². The van der Waals surface area contributed by atoms with Crippen LogP contribution >= 0.6 is 0 Å². The van der Waals surface area contributed by atoms with Gasteiger partial charge in [0.1, 0.15) is 0 Å². The molecule has 0 spiro atoms. The van der Waals surface area contributed by atoms with Crippen LogP contribution in [-0.4, -0.2) is 30.8 Å². The van der Waals surface area contributed by atoms with Crippen LogP contribution in [0.2, 0.25) is 0 Å². The molecule has 0 aliphatic carbocycles. The van der Waals surface area contributed by atoms with Crippen molar-refractivity contribution < 1.29 is 17.7 Å². The molecule has 0 unspecified atom stereocenters. The van der Waals surface area contributed by atoms with Gasteiger partial charge in [0.05, 0.1) is 0 Å². The lowest BCUT2D eigenvalue weighted by Gasteiger charge is -1.98. The zero-order chi connectivity index (χ0) is 14.2. The van der Waals surface area contributed by atoms with Gasteiger partial charge in [-0.1, -0.05) is 23.4 Å². The van der Waals surface area contributed by atoms with Crippen LogP contribution in [0.15, 0.2) is 28.8 Å². The van der Waals surface area contributed by atoms with Crippen molar-refractivity contribution in [1.82, 2.24) is 30.8 Å². The molecule has 0 fully saturated rings. The summed E-state index contributed by atoms with van der Waals surface area (Å²) in [6.07, 6.45) is -4.67. The number of nitrogens with one attached hydrogen (secondary N) is 1. The molecule has 1 aromatic carbocycles. The van der Waals surface area contributed by atoms with E-state index in [4.69, 9.17) is 0 Å². The number of rotatable bonds is 2. The van der Waals surface area contributed by atoms with Gasteiger partial charge < -0.3 is 4.52 Å². The Morgan fingerprint density at radius 2 is 1.85 bits per heavy atom. The minimum Gasteiger partial charge on any atom is -0.329 e. The SMILES string of the molecule is FC(F)(F)c1nc(-c2cccc(-c3nn[nH]n3)c2)no1. The molecule has 2 heterocycles. The number of nitrogens with zero attached hydrogens (tertiary/aromatic N) is 5. The first-order valence-electron chi connectivity index (χ1n) is 5.29. The third-order valence-corrected chi connectivity index (χ3v) is 2.39. The lowest BCUT2D eigenvalue weighted by Crippen LogP contribution is -2.04. The van der Waals surface area contributed by atoms with E-state index in [1.807, 2.05) is 0 Å². The molecule has 102 valence electrons. The smallest absolute Gasteiger partial charge is 0.329 e. The molecule has 0 saturated heterocycles. The number of tetrazole rings is 1. The van der Waals surface area contributed by atoms with Crippen LogP contribution in [0.4, 0.5) is 13.2 Å². The normalized spacial score (nSPS) is 11.8. The quantitative estimate of drug-likeness (QED) is 0.772. The molecular formula is C10H5F3N6O. The number of hydrogen-bond donors (Lipinski definition) is 1. The first kappa shape index (κ1) is 12.3. The third-order valence-electron chi connectivity index (χ3n) is 2.39. The summed E-state index contributed by atoms with van der Waals surface area (Å²) in [4.78, 5) is 3.31. The van der Waals surface area contributed by atoms with E-state index in [9.17, 15) is 13.2 Å². The molecule has 0 radical (unpaired) electrons. The van der Waals surface area contributed by atoms with Crippen LogP contribution in [0.3, 0.4) is 0 Å². The second kappa shape index (κ2) is 4.40. The first-order chi connectivity index (χ1) is 9.54. The number of aromatic nitrogens is 6. The molecular weight excluding hydrogens is 277 g/mol. The van der Waals surface area contributed by atoms with Gasteiger partial charge in [-0.3, -0.25) is 0 Å². The third kappa shape index (κ3) is 2.22. The van der Waals surface area contributed by atoms with E-state index in [1.165, 1.54) is 6.07 Å². The highest BCUT2D eigenvalue weighted by Gasteiger charge is 2.38. The predicted octanol–water partition coefficient (Wildman–Crippen LogP) is 1.94. The minimum atomic E-state index is -4.67. The molecule has 3 rings (SSSR count). The van der Waals surface area contributed by atoms with Crippen molar-refractivity contribution in [2.45, 2.75) is 6.18 Å². The Kier molecular flexibility index (Phi) is 2.70. The fraction of sp³-hybridized carbons (Fsp3) is 0.100. The molecule has 7 nitrogen and oxygen atoms in total. The minimum absolute atomic E-state index is 0.164. The largest absolute Gasteiger partial charge is 0.471 e. The van der Waals surface area contributed by atoms with Crippen molar-refractivity contribution >= 4 is 0 Å². The van der Waals surface area contributed by atoms with Gasteiger partial charge in [0.2, 0.25) is 11.6 Å². The van der Waals surface area contributed by atoms with Crippen molar-refractivity contribution in [3.63, 3.8) is 0 Å². The van der Waals surface area contributed by atoms with Crippen molar-refractivity contribution in [1.29, 1.82) is 0 Å². The molecule has 10 heteroatoms. The number of alkyl halides is 3. The van der Waals surface area contributed by atoms with Crippen LogP contribution in [0.5, 0.6) is 0 Å². The summed E-state index contributed by atoms with van der Waals surface area (Å²) >= 11 is 0. The average Bonchev–Trinajstić information content (AvgIpc) is 3.10. The molecule has 1 N–H and O–H groups in total. The Morgan fingerprint density at radius 1 is 1.10 bits per heavy atom. The summed E-state index contributed by atoms with van der Waals surface area (Å²) in [7, 11) is 0. The summed E-state index contributed by atoms with van der Waals surface area (Å²) in [6, 6.07) is 6.38. The number of H-pyrrole nitrogens is 1. The fourth-order valence-electron chi connectivity index (χ4n) is 1.54. The fourth-order valence-corrected chi connectivity index (χ4v) is 1.54. The lowest BCUT2D eigenvalue weighted by molar-refractivity contribution is -0.159. The summed E-state index contributed by atoms with van der Waals surface area (Å²) in [5, 5.41) is 16.5. The molecule has 0 atom stereocenters. The topological polar surface area (TPSA) is 93.4 Å². The van der Waals surface area contributed by atoms with Crippen molar-refractivity contribution in [3.05, 3.63) is 30.2 Å². The predicted molar refractivity (Wildman–Crippen MR) is 57.9 cm³/mol.